The van der Waals surface area contributed by atoms with Gasteiger partial charge in [-0.2, -0.15) is 4.37 Å². The van der Waals surface area contributed by atoms with E-state index in [2.05, 4.69) is 14.7 Å². The molecule has 2 heterocycles. The summed E-state index contributed by atoms with van der Waals surface area (Å²) >= 11 is 1.20. The molecule has 1 fully saturated rings. The SMILES string of the molecule is C[C@@H](Oc1ccc(C(=O)C2CC2)nc1)c1cc(-c2ccc(C(=O)N[C@H](CO)CC(N)=O)c(F)c2)ns1. The summed E-state index contributed by atoms with van der Waals surface area (Å²) < 4.78 is 25.0. The summed E-state index contributed by atoms with van der Waals surface area (Å²) in [4.78, 5) is 40.5. The van der Waals surface area contributed by atoms with Crippen LogP contribution in [-0.2, 0) is 4.79 Å². The quantitative estimate of drug-likeness (QED) is 0.335. The maximum Gasteiger partial charge on any atom is 0.254 e. The van der Waals surface area contributed by atoms with E-state index in [1.54, 1.807) is 24.3 Å². The van der Waals surface area contributed by atoms with Crippen molar-refractivity contribution < 1.29 is 28.6 Å². The summed E-state index contributed by atoms with van der Waals surface area (Å²) in [6, 6.07) is 8.32. The molecule has 1 aromatic carbocycles. The number of amides is 2. The van der Waals surface area contributed by atoms with E-state index in [1.165, 1.54) is 29.9 Å². The van der Waals surface area contributed by atoms with Gasteiger partial charge in [0.25, 0.3) is 5.91 Å². The third kappa shape index (κ3) is 6.10. The van der Waals surface area contributed by atoms with E-state index in [0.717, 1.165) is 17.7 Å². The van der Waals surface area contributed by atoms with Crippen molar-refractivity contribution in [3.63, 3.8) is 0 Å². The number of aliphatic hydroxyl groups is 1. The molecule has 36 heavy (non-hydrogen) atoms. The van der Waals surface area contributed by atoms with Crippen molar-refractivity contribution in [3.8, 4) is 17.0 Å². The first-order chi connectivity index (χ1) is 17.2. The number of nitrogens with two attached hydrogens (primary N) is 1. The molecular weight excluding hydrogens is 487 g/mol. The summed E-state index contributed by atoms with van der Waals surface area (Å²) in [5.41, 5.74) is 6.28. The van der Waals surface area contributed by atoms with Gasteiger partial charge in [-0.15, -0.1) is 0 Å². The number of hydrogen-bond donors (Lipinski definition) is 3. The molecule has 0 aliphatic heterocycles. The van der Waals surface area contributed by atoms with Crippen molar-refractivity contribution in [1.82, 2.24) is 14.7 Å². The second kappa shape index (κ2) is 10.9. The second-order valence-corrected chi connectivity index (χ2v) is 9.45. The standard InChI is InChI=1S/C25H25FN4O5S/c1-13(35-17-5-7-20(28-11-17)24(33)14-2-3-14)22-10-21(30-36-22)15-4-6-18(19(26)8-15)25(34)29-16(12-31)9-23(27)32/h4-8,10-11,13-14,16,31H,2-3,9,12H2,1H3,(H2,27,32)(H,29,34)/t13-,16+/m1/s1. The summed E-state index contributed by atoms with van der Waals surface area (Å²) in [6.45, 7) is 1.34. The van der Waals surface area contributed by atoms with Crippen LogP contribution in [0.5, 0.6) is 5.75 Å². The molecule has 188 valence electrons. The molecule has 1 saturated carbocycles. The van der Waals surface area contributed by atoms with Crippen LogP contribution in [0.15, 0.2) is 42.6 Å². The zero-order valence-electron chi connectivity index (χ0n) is 19.4. The Kier molecular flexibility index (Phi) is 7.70. The van der Waals surface area contributed by atoms with Gasteiger partial charge in [0.2, 0.25) is 5.91 Å². The molecule has 0 radical (unpaired) electrons. The Hall–Kier alpha value is -3.70. The fraction of sp³-hybridized carbons (Fsp3) is 0.320. The number of benzene rings is 1. The Morgan fingerprint density at radius 2 is 2.03 bits per heavy atom. The van der Waals surface area contributed by atoms with Gasteiger partial charge >= 0.3 is 0 Å². The Morgan fingerprint density at radius 1 is 1.25 bits per heavy atom. The van der Waals surface area contributed by atoms with E-state index in [1.807, 2.05) is 6.92 Å². The highest BCUT2D eigenvalue weighted by molar-refractivity contribution is 7.06. The Balaban J connectivity index is 1.40. The lowest BCUT2D eigenvalue weighted by Gasteiger charge is -2.15. The first kappa shape index (κ1) is 25.4. The molecule has 1 aliphatic rings. The van der Waals surface area contributed by atoms with Gasteiger partial charge in [0.05, 0.1) is 35.0 Å². The number of aliphatic hydroxyl groups excluding tert-OH is 1. The van der Waals surface area contributed by atoms with Crippen LogP contribution in [0.3, 0.4) is 0 Å². The van der Waals surface area contributed by atoms with Gasteiger partial charge in [-0.25, -0.2) is 9.37 Å². The van der Waals surface area contributed by atoms with Crippen LogP contribution < -0.4 is 15.8 Å². The minimum absolute atomic E-state index is 0.0660. The van der Waals surface area contributed by atoms with Crippen LogP contribution >= 0.6 is 11.5 Å². The molecule has 0 saturated heterocycles. The molecule has 4 N–H and O–H groups in total. The predicted molar refractivity (Wildman–Crippen MR) is 130 cm³/mol. The lowest BCUT2D eigenvalue weighted by atomic mass is 10.1. The lowest BCUT2D eigenvalue weighted by Crippen LogP contribution is -2.40. The average Bonchev–Trinajstić information content (AvgIpc) is 3.58. The Morgan fingerprint density at radius 3 is 2.64 bits per heavy atom. The van der Waals surface area contributed by atoms with Crippen LogP contribution in [0, 0.1) is 11.7 Å². The number of ether oxygens (including phenoxy) is 1. The van der Waals surface area contributed by atoms with Gasteiger partial charge in [-0.3, -0.25) is 14.4 Å². The first-order valence-corrected chi connectivity index (χ1v) is 12.2. The van der Waals surface area contributed by atoms with Crippen molar-refractivity contribution in [2.45, 2.75) is 38.3 Å². The van der Waals surface area contributed by atoms with E-state index < -0.39 is 30.3 Å². The van der Waals surface area contributed by atoms with Gasteiger partial charge < -0.3 is 20.9 Å². The predicted octanol–water partition coefficient (Wildman–Crippen LogP) is 3.04. The summed E-state index contributed by atoms with van der Waals surface area (Å²) in [5, 5.41) is 11.7. The highest BCUT2D eigenvalue weighted by Crippen LogP contribution is 2.33. The number of carbonyl (C=O) groups excluding carboxylic acids is 3. The van der Waals surface area contributed by atoms with Gasteiger partial charge in [-0.1, -0.05) is 6.07 Å². The van der Waals surface area contributed by atoms with E-state index in [4.69, 9.17) is 10.5 Å². The van der Waals surface area contributed by atoms with Crippen molar-refractivity contribution in [2.75, 3.05) is 6.61 Å². The molecule has 3 aromatic rings. The van der Waals surface area contributed by atoms with Gasteiger partial charge in [-0.05, 0) is 61.6 Å². The first-order valence-electron chi connectivity index (χ1n) is 11.4. The van der Waals surface area contributed by atoms with Crippen molar-refractivity contribution in [1.29, 1.82) is 0 Å². The molecule has 0 unspecified atom stereocenters. The number of pyridine rings is 1. The number of carbonyl (C=O) groups is 3. The molecule has 2 aromatic heterocycles. The van der Waals surface area contributed by atoms with Crippen LogP contribution in [0.4, 0.5) is 4.39 Å². The number of primary amides is 1. The zero-order chi connectivity index (χ0) is 25.8. The number of nitrogens with one attached hydrogen (secondary N) is 1. The third-order valence-corrected chi connectivity index (χ3v) is 6.64. The molecule has 0 spiro atoms. The summed E-state index contributed by atoms with van der Waals surface area (Å²) in [6.07, 6.45) is 2.74. The zero-order valence-corrected chi connectivity index (χ0v) is 20.3. The number of rotatable bonds is 11. The van der Waals surface area contributed by atoms with E-state index in [0.29, 0.717) is 22.7 Å². The van der Waals surface area contributed by atoms with Crippen LogP contribution in [-0.4, -0.2) is 44.7 Å². The normalized spacial score (nSPS) is 14.6. The van der Waals surface area contributed by atoms with Crippen LogP contribution in [0.25, 0.3) is 11.3 Å². The largest absolute Gasteiger partial charge is 0.484 e. The lowest BCUT2D eigenvalue weighted by molar-refractivity contribution is -0.118. The molecule has 2 amide bonds. The van der Waals surface area contributed by atoms with Crippen LogP contribution in [0.2, 0.25) is 0 Å². The van der Waals surface area contributed by atoms with E-state index >= 15 is 0 Å². The highest BCUT2D eigenvalue weighted by Gasteiger charge is 2.31. The summed E-state index contributed by atoms with van der Waals surface area (Å²) in [5.74, 6) is -1.54. The number of ketones is 1. The maximum absolute atomic E-state index is 14.7. The second-order valence-electron chi connectivity index (χ2n) is 8.61. The third-order valence-electron chi connectivity index (χ3n) is 5.69. The molecule has 11 heteroatoms. The van der Waals surface area contributed by atoms with Gasteiger partial charge in [0.15, 0.2) is 5.78 Å². The molecule has 4 rings (SSSR count). The minimum Gasteiger partial charge on any atom is -0.484 e. The molecule has 2 atom stereocenters. The van der Waals surface area contributed by atoms with Crippen molar-refractivity contribution in [3.05, 3.63) is 64.5 Å². The number of halogens is 1. The Labute approximate surface area is 210 Å². The molecule has 0 bridgehead atoms. The fourth-order valence-corrected chi connectivity index (χ4v) is 4.28. The Bertz CT molecular complexity index is 1280. The van der Waals surface area contributed by atoms with Crippen LogP contribution in [0.1, 0.15) is 58.0 Å². The maximum atomic E-state index is 14.7. The number of aromatic nitrogens is 2. The number of hydrogen-bond acceptors (Lipinski definition) is 8. The monoisotopic (exact) mass is 512 g/mol. The molecular formula is C25H25FN4O5S. The summed E-state index contributed by atoms with van der Waals surface area (Å²) in [7, 11) is 0. The number of Topliss-reactive ketones (excluding diaryl/α,β-unsaturated/α-hetero) is 1. The topological polar surface area (TPSA) is 144 Å². The van der Waals surface area contributed by atoms with Gasteiger partial charge in [0, 0.05) is 17.9 Å². The number of nitrogens with zero attached hydrogens (tertiary/aromatic N) is 2. The highest BCUT2D eigenvalue weighted by atomic mass is 32.1. The molecule has 9 nitrogen and oxygen atoms in total. The minimum atomic E-state index is -0.901. The average molecular weight is 513 g/mol. The smallest absolute Gasteiger partial charge is 0.254 e. The van der Waals surface area contributed by atoms with E-state index in [-0.39, 0.29) is 29.8 Å². The van der Waals surface area contributed by atoms with Crippen molar-refractivity contribution >= 4 is 29.1 Å². The van der Waals surface area contributed by atoms with E-state index in [9.17, 15) is 23.9 Å². The van der Waals surface area contributed by atoms with Crippen molar-refractivity contribution in [2.24, 2.45) is 11.7 Å². The molecule has 1 aliphatic carbocycles. The van der Waals surface area contributed by atoms with Gasteiger partial charge in [0.1, 0.15) is 23.4 Å². The fourth-order valence-electron chi connectivity index (χ4n) is 3.56.